The highest BCUT2D eigenvalue weighted by molar-refractivity contribution is 5.85. The van der Waals surface area contributed by atoms with Gasteiger partial charge in [-0.15, -0.1) is 5.10 Å². The van der Waals surface area contributed by atoms with Crippen molar-refractivity contribution in [3.63, 3.8) is 0 Å². The summed E-state index contributed by atoms with van der Waals surface area (Å²) in [6.45, 7) is 3.90. The van der Waals surface area contributed by atoms with Crippen LogP contribution in [0.3, 0.4) is 0 Å². The molecule has 0 fully saturated rings. The van der Waals surface area contributed by atoms with Crippen molar-refractivity contribution in [2.45, 2.75) is 13.8 Å². The minimum atomic E-state index is -1.04. The first-order chi connectivity index (χ1) is 7.61. The number of hydrogen-bond donors (Lipinski definition) is 1. The summed E-state index contributed by atoms with van der Waals surface area (Å²) in [6, 6.07) is 5.66. The van der Waals surface area contributed by atoms with Crippen molar-refractivity contribution in [3.05, 3.63) is 41.2 Å². The molecule has 1 N–H and O–H groups in total. The van der Waals surface area contributed by atoms with Crippen LogP contribution in [-0.2, 0) is 0 Å². The van der Waals surface area contributed by atoms with Gasteiger partial charge in [-0.2, -0.15) is 0 Å². The third kappa shape index (κ3) is 1.56. The third-order valence-electron chi connectivity index (χ3n) is 2.57. The Bertz CT molecular complexity index is 546. The molecule has 0 bridgehead atoms. The van der Waals surface area contributed by atoms with Gasteiger partial charge >= 0.3 is 5.97 Å². The summed E-state index contributed by atoms with van der Waals surface area (Å²) in [5, 5.41) is 16.4. The number of rotatable bonds is 2. The topological polar surface area (TPSA) is 68.0 Å². The van der Waals surface area contributed by atoms with Gasteiger partial charge in [-0.05, 0) is 31.0 Å². The van der Waals surface area contributed by atoms with E-state index in [9.17, 15) is 4.79 Å². The maximum absolute atomic E-state index is 11.0. The summed E-state index contributed by atoms with van der Waals surface area (Å²) in [7, 11) is 0. The molecule has 0 radical (unpaired) electrons. The largest absolute Gasteiger partial charge is 0.476 e. The zero-order valence-electron chi connectivity index (χ0n) is 9.01. The van der Waals surface area contributed by atoms with Gasteiger partial charge in [0.1, 0.15) is 0 Å². The molecule has 0 atom stereocenters. The second kappa shape index (κ2) is 3.77. The van der Waals surface area contributed by atoms with Crippen molar-refractivity contribution in [3.8, 4) is 5.69 Å². The van der Waals surface area contributed by atoms with Crippen LogP contribution in [0.5, 0.6) is 0 Å². The fourth-order valence-corrected chi connectivity index (χ4v) is 1.52. The minimum Gasteiger partial charge on any atom is -0.476 e. The van der Waals surface area contributed by atoms with E-state index >= 15 is 0 Å². The summed E-state index contributed by atoms with van der Waals surface area (Å²) >= 11 is 0. The molecule has 1 aromatic carbocycles. The highest BCUT2D eigenvalue weighted by Gasteiger charge is 2.14. The Labute approximate surface area is 92.3 Å². The lowest BCUT2D eigenvalue weighted by atomic mass is 10.1. The lowest BCUT2D eigenvalue weighted by Crippen LogP contribution is -2.09. The van der Waals surface area contributed by atoms with E-state index in [1.165, 1.54) is 10.9 Å². The fraction of sp³-hybridized carbons (Fsp3) is 0.182. The molecule has 2 aromatic rings. The predicted octanol–water partition coefficient (Wildman–Crippen LogP) is 1.58. The third-order valence-corrected chi connectivity index (χ3v) is 2.57. The number of carboxylic acids is 1. The van der Waals surface area contributed by atoms with Crippen LogP contribution in [0, 0.1) is 13.8 Å². The summed E-state index contributed by atoms with van der Waals surface area (Å²) in [5.41, 5.74) is 2.89. The molecule has 0 saturated carbocycles. The van der Waals surface area contributed by atoms with Gasteiger partial charge < -0.3 is 5.11 Å². The van der Waals surface area contributed by atoms with Crippen LogP contribution in [0.4, 0.5) is 0 Å². The molecular weight excluding hydrogens is 206 g/mol. The average molecular weight is 217 g/mol. The fourth-order valence-electron chi connectivity index (χ4n) is 1.52. The number of nitrogens with zero attached hydrogens (tertiary/aromatic N) is 3. The van der Waals surface area contributed by atoms with Gasteiger partial charge in [0, 0.05) is 0 Å². The first-order valence-corrected chi connectivity index (χ1v) is 4.82. The molecule has 2 rings (SSSR count). The summed E-state index contributed by atoms with van der Waals surface area (Å²) < 4.78 is 1.34. The van der Waals surface area contributed by atoms with Gasteiger partial charge in [0.05, 0.1) is 11.9 Å². The van der Waals surface area contributed by atoms with Crippen molar-refractivity contribution in [2.24, 2.45) is 0 Å². The first kappa shape index (κ1) is 10.4. The van der Waals surface area contributed by atoms with Crippen LogP contribution in [0.2, 0.25) is 0 Å². The molecule has 1 heterocycles. The van der Waals surface area contributed by atoms with E-state index in [2.05, 4.69) is 10.3 Å². The van der Waals surface area contributed by atoms with E-state index in [1.54, 1.807) is 0 Å². The SMILES string of the molecule is Cc1cccc(-n2nncc2C(=O)O)c1C. The molecular formula is C11H11N3O2. The van der Waals surface area contributed by atoms with Crippen molar-refractivity contribution in [1.29, 1.82) is 0 Å². The zero-order chi connectivity index (χ0) is 11.7. The van der Waals surface area contributed by atoms with Crippen LogP contribution in [0.25, 0.3) is 5.69 Å². The highest BCUT2D eigenvalue weighted by atomic mass is 16.4. The van der Waals surface area contributed by atoms with Crippen LogP contribution in [-0.4, -0.2) is 26.1 Å². The molecule has 0 aliphatic rings. The number of aromatic carboxylic acids is 1. The standard InChI is InChI=1S/C11H11N3O2/c1-7-4-3-5-9(8(7)2)14-10(11(15)16)6-12-13-14/h3-6H,1-2H3,(H,15,16). The van der Waals surface area contributed by atoms with Gasteiger partial charge in [-0.3, -0.25) is 0 Å². The normalized spacial score (nSPS) is 10.4. The van der Waals surface area contributed by atoms with Gasteiger partial charge in [-0.25, -0.2) is 9.48 Å². The number of carbonyl (C=O) groups is 1. The molecule has 5 heteroatoms. The van der Waals surface area contributed by atoms with Crippen LogP contribution in [0.1, 0.15) is 21.6 Å². The van der Waals surface area contributed by atoms with Crippen LogP contribution < -0.4 is 0 Å². The van der Waals surface area contributed by atoms with E-state index < -0.39 is 5.97 Å². The lowest BCUT2D eigenvalue weighted by molar-refractivity contribution is 0.0687. The van der Waals surface area contributed by atoms with E-state index in [0.29, 0.717) is 0 Å². The smallest absolute Gasteiger partial charge is 0.356 e. The van der Waals surface area contributed by atoms with Crippen molar-refractivity contribution < 1.29 is 9.90 Å². The lowest BCUT2D eigenvalue weighted by Gasteiger charge is -2.08. The number of hydrogen-bond acceptors (Lipinski definition) is 3. The Morgan fingerprint density at radius 3 is 2.81 bits per heavy atom. The molecule has 0 amide bonds. The predicted molar refractivity (Wildman–Crippen MR) is 57.8 cm³/mol. The first-order valence-electron chi connectivity index (χ1n) is 4.82. The van der Waals surface area contributed by atoms with Gasteiger partial charge in [-0.1, -0.05) is 17.3 Å². The van der Waals surface area contributed by atoms with Gasteiger partial charge in [0.15, 0.2) is 5.69 Å². The maximum atomic E-state index is 11.0. The monoisotopic (exact) mass is 217 g/mol. The highest BCUT2D eigenvalue weighted by Crippen LogP contribution is 2.17. The summed E-state index contributed by atoms with van der Waals surface area (Å²) in [5.74, 6) is -1.04. The number of carboxylic acid groups (broad SMARTS) is 1. The molecule has 16 heavy (non-hydrogen) atoms. The molecule has 1 aromatic heterocycles. The number of aromatic nitrogens is 3. The van der Waals surface area contributed by atoms with Crippen LogP contribution in [0.15, 0.2) is 24.4 Å². The molecule has 0 spiro atoms. The Kier molecular flexibility index (Phi) is 2.44. The van der Waals surface area contributed by atoms with E-state index in [0.717, 1.165) is 16.8 Å². The van der Waals surface area contributed by atoms with E-state index in [4.69, 9.17) is 5.11 Å². The molecule has 0 aliphatic carbocycles. The van der Waals surface area contributed by atoms with E-state index in [-0.39, 0.29) is 5.69 Å². The van der Waals surface area contributed by atoms with E-state index in [1.807, 2.05) is 32.0 Å². The van der Waals surface area contributed by atoms with Gasteiger partial charge in [0.25, 0.3) is 0 Å². The number of aryl methyl sites for hydroxylation is 1. The van der Waals surface area contributed by atoms with Crippen molar-refractivity contribution in [2.75, 3.05) is 0 Å². The second-order valence-corrected chi connectivity index (χ2v) is 3.56. The minimum absolute atomic E-state index is 0.0636. The van der Waals surface area contributed by atoms with Crippen molar-refractivity contribution >= 4 is 5.97 Å². The average Bonchev–Trinajstić information content (AvgIpc) is 2.70. The van der Waals surface area contributed by atoms with Crippen molar-refractivity contribution in [1.82, 2.24) is 15.0 Å². The molecule has 82 valence electrons. The summed E-state index contributed by atoms with van der Waals surface area (Å²) in [6.07, 6.45) is 1.24. The Hall–Kier alpha value is -2.17. The Morgan fingerprint density at radius 1 is 1.38 bits per heavy atom. The molecule has 0 unspecified atom stereocenters. The summed E-state index contributed by atoms with van der Waals surface area (Å²) in [4.78, 5) is 11.0. The zero-order valence-corrected chi connectivity index (χ0v) is 9.01. The van der Waals surface area contributed by atoms with Crippen LogP contribution >= 0.6 is 0 Å². The molecule has 5 nitrogen and oxygen atoms in total. The Morgan fingerprint density at radius 2 is 2.12 bits per heavy atom. The maximum Gasteiger partial charge on any atom is 0.356 e. The Balaban J connectivity index is 2.63. The molecule has 0 saturated heterocycles. The second-order valence-electron chi connectivity index (χ2n) is 3.56. The quantitative estimate of drug-likeness (QED) is 0.829. The number of benzene rings is 1. The van der Waals surface area contributed by atoms with Gasteiger partial charge in [0.2, 0.25) is 0 Å². The molecule has 0 aliphatic heterocycles.